The Balaban J connectivity index is 0.00000324. The van der Waals surface area contributed by atoms with Crippen molar-refractivity contribution in [3.05, 3.63) is 23.8 Å². The first kappa shape index (κ1) is 19.5. The number of hydrogen-bond donors (Lipinski definition) is 0. The summed E-state index contributed by atoms with van der Waals surface area (Å²) in [7, 11) is 0. The zero-order valence-corrected chi connectivity index (χ0v) is 15.2. The van der Waals surface area contributed by atoms with E-state index < -0.39 is 12.4 Å². The molecule has 0 bridgehead atoms. The molecule has 0 aromatic heterocycles. The molecule has 0 radical (unpaired) electrons. The van der Waals surface area contributed by atoms with Crippen molar-refractivity contribution in [2.75, 3.05) is 6.61 Å². The Kier molecular flexibility index (Phi) is 8.96. The normalized spacial score (nSPS) is 12.7. The maximum absolute atomic E-state index is 12.5. The Morgan fingerprint density at radius 3 is 2.37 bits per heavy atom. The van der Waals surface area contributed by atoms with Gasteiger partial charge in [0.1, 0.15) is 5.75 Å². The standard InChI is InChI=1S/C13H19BF3O.K/c1-4-5-10(2)9-18-13-7-6-12(8-11(13)3)14(15,16)17;/h6-8,10H,4-5,9H2,1-3H3;/q-1;+1. The third-order valence-corrected chi connectivity index (χ3v) is 2.88. The van der Waals surface area contributed by atoms with Crippen LogP contribution in [0, 0.1) is 12.8 Å². The second-order valence-corrected chi connectivity index (χ2v) is 4.80. The van der Waals surface area contributed by atoms with E-state index in [1.54, 1.807) is 6.92 Å². The van der Waals surface area contributed by atoms with Gasteiger partial charge in [-0.2, -0.15) is 0 Å². The molecule has 0 aliphatic rings. The predicted molar refractivity (Wildman–Crippen MR) is 69.5 cm³/mol. The quantitative estimate of drug-likeness (QED) is 0.708. The number of benzene rings is 1. The summed E-state index contributed by atoms with van der Waals surface area (Å²) in [6, 6.07) is 3.66. The molecule has 102 valence electrons. The molecule has 0 N–H and O–H groups in total. The van der Waals surface area contributed by atoms with Gasteiger partial charge in [-0.15, -0.1) is 5.46 Å². The molecule has 0 spiro atoms. The molecule has 1 unspecified atom stereocenters. The molecule has 19 heavy (non-hydrogen) atoms. The van der Waals surface area contributed by atoms with Crippen LogP contribution in [0.15, 0.2) is 18.2 Å². The van der Waals surface area contributed by atoms with E-state index >= 15 is 0 Å². The summed E-state index contributed by atoms with van der Waals surface area (Å²) < 4.78 is 43.2. The Hall–Kier alpha value is 0.511. The van der Waals surface area contributed by atoms with E-state index in [9.17, 15) is 12.9 Å². The van der Waals surface area contributed by atoms with E-state index in [4.69, 9.17) is 4.74 Å². The van der Waals surface area contributed by atoms with Crippen LogP contribution in [0.3, 0.4) is 0 Å². The molecular weight excluding hydrogens is 279 g/mol. The third kappa shape index (κ3) is 6.67. The number of hydrogen-bond acceptors (Lipinski definition) is 1. The largest absolute Gasteiger partial charge is 1.00 e. The molecule has 6 heteroatoms. The van der Waals surface area contributed by atoms with Gasteiger partial charge in [0, 0.05) is 0 Å². The van der Waals surface area contributed by atoms with Crippen LogP contribution in [0.25, 0.3) is 0 Å². The van der Waals surface area contributed by atoms with E-state index in [0.29, 0.717) is 23.8 Å². The Labute approximate surface area is 155 Å². The molecule has 0 amide bonds. The summed E-state index contributed by atoms with van der Waals surface area (Å²) in [6.45, 7) is 1.44. The minimum absolute atomic E-state index is 0. The first-order valence-electron chi connectivity index (χ1n) is 6.28. The van der Waals surface area contributed by atoms with Crippen molar-refractivity contribution >= 4 is 12.4 Å². The van der Waals surface area contributed by atoms with Gasteiger partial charge in [-0.05, 0) is 30.9 Å². The van der Waals surface area contributed by atoms with Crippen LogP contribution in [-0.2, 0) is 0 Å². The van der Waals surface area contributed by atoms with E-state index in [0.717, 1.165) is 25.0 Å². The van der Waals surface area contributed by atoms with Crippen LogP contribution in [0.2, 0.25) is 0 Å². The maximum Gasteiger partial charge on any atom is 1.00 e. The fraction of sp³-hybridized carbons (Fsp3) is 0.538. The van der Waals surface area contributed by atoms with Crippen molar-refractivity contribution in [2.24, 2.45) is 5.92 Å². The van der Waals surface area contributed by atoms with Crippen molar-refractivity contribution in [1.82, 2.24) is 0 Å². The van der Waals surface area contributed by atoms with Crippen molar-refractivity contribution in [2.45, 2.75) is 33.6 Å². The molecule has 1 aromatic carbocycles. The Morgan fingerprint density at radius 2 is 1.89 bits per heavy atom. The molecule has 0 saturated heterocycles. The second-order valence-electron chi connectivity index (χ2n) is 4.80. The van der Waals surface area contributed by atoms with Crippen molar-refractivity contribution in [1.29, 1.82) is 0 Å². The first-order valence-corrected chi connectivity index (χ1v) is 6.28. The van der Waals surface area contributed by atoms with Gasteiger partial charge in [-0.1, -0.05) is 32.4 Å². The first-order chi connectivity index (χ1) is 8.34. The summed E-state index contributed by atoms with van der Waals surface area (Å²) in [4.78, 5) is 0. The minimum atomic E-state index is -4.93. The van der Waals surface area contributed by atoms with Gasteiger partial charge >= 0.3 is 58.4 Å². The summed E-state index contributed by atoms with van der Waals surface area (Å²) >= 11 is 0. The average Bonchev–Trinajstić information content (AvgIpc) is 2.26. The van der Waals surface area contributed by atoms with E-state index in [1.807, 2.05) is 0 Å². The maximum atomic E-state index is 12.5. The SMILES string of the molecule is CCCC(C)COc1ccc([B-](F)(F)F)cc1C.[K+]. The molecule has 1 aromatic rings. The van der Waals surface area contributed by atoms with E-state index in [-0.39, 0.29) is 51.4 Å². The molecule has 0 heterocycles. The van der Waals surface area contributed by atoms with Gasteiger partial charge in [-0.3, -0.25) is 0 Å². The molecule has 0 fully saturated rings. The van der Waals surface area contributed by atoms with Crippen molar-refractivity contribution < 1.29 is 69.1 Å². The molecule has 0 aliphatic heterocycles. The summed E-state index contributed by atoms with van der Waals surface area (Å²) in [5.74, 6) is 0.961. The van der Waals surface area contributed by atoms with Gasteiger partial charge in [0.05, 0.1) is 6.61 Å². The fourth-order valence-electron chi connectivity index (χ4n) is 1.85. The van der Waals surface area contributed by atoms with Crippen LogP contribution in [0.1, 0.15) is 32.3 Å². The van der Waals surface area contributed by atoms with Crippen LogP contribution >= 0.6 is 0 Å². The molecule has 1 atom stereocenters. The van der Waals surface area contributed by atoms with Crippen LogP contribution in [-0.4, -0.2) is 13.6 Å². The topological polar surface area (TPSA) is 9.23 Å². The molecular formula is C13H19BF3KO. The van der Waals surface area contributed by atoms with E-state index in [2.05, 4.69) is 13.8 Å². The summed E-state index contributed by atoms with van der Waals surface area (Å²) in [5, 5.41) is 0. The predicted octanol–water partition coefficient (Wildman–Crippen LogP) is 0.868. The molecule has 1 rings (SSSR count). The zero-order valence-electron chi connectivity index (χ0n) is 12.1. The van der Waals surface area contributed by atoms with Gasteiger partial charge < -0.3 is 17.7 Å². The average molecular weight is 298 g/mol. The van der Waals surface area contributed by atoms with E-state index in [1.165, 1.54) is 6.07 Å². The number of halogens is 3. The number of rotatable bonds is 6. The minimum Gasteiger partial charge on any atom is -0.493 e. The summed E-state index contributed by atoms with van der Waals surface area (Å²) in [6.07, 6.45) is 2.14. The number of ether oxygens (including phenoxy) is 1. The van der Waals surface area contributed by atoms with Gasteiger partial charge in [-0.25, -0.2) is 0 Å². The fourth-order valence-corrected chi connectivity index (χ4v) is 1.85. The smallest absolute Gasteiger partial charge is 0.493 e. The van der Waals surface area contributed by atoms with Crippen LogP contribution in [0.5, 0.6) is 5.75 Å². The summed E-state index contributed by atoms with van der Waals surface area (Å²) in [5.41, 5.74) is -0.0307. The van der Waals surface area contributed by atoms with Gasteiger partial charge in [0.25, 0.3) is 0 Å². The van der Waals surface area contributed by atoms with Crippen LogP contribution < -0.4 is 61.6 Å². The van der Waals surface area contributed by atoms with Crippen LogP contribution in [0.4, 0.5) is 12.9 Å². The number of aryl methyl sites for hydroxylation is 1. The van der Waals surface area contributed by atoms with Gasteiger partial charge in [0.2, 0.25) is 0 Å². The van der Waals surface area contributed by atoms with Crippen molar-refractivity contribution in [3.8, 4) is 5.75 Å². The monoisotopic (exact) mass is 298 g/mol. The van der Waals surface area contributed by atoms with Gasteiger partial charge in [0.15, 0.2) is 0 Å². The Morgan fingerprint density at radius 1 is 1.26 bits per heavy atom. The molecule has 0 aliphatic carbocycles. The zero-order chi connectivity index (χ0) is 13.8. The Bertz CT molecular complexity index is 396. The molecule has 0 saturated carbocycles. The second kappa shape index (κ2) is 8.72. The molecule has 1 nitrogen and oxygen atoms in total. The van der Waals surface area contributed by atoms with Crippen molar-refractivity contribution in [3.63, 3.8) is 0 Å². The third-order valence-electron chi connectivity index (χ3n) is 2.88.